The van der Waals surface area contributed by atoms with E-state index in [2.05, 4.69) is 9.97 Å². The molecule has 0 unspecified atom stereocenters. The smallest absolute Gasteiger partial charge is 0.328 e. The Morgan fingerprint density at radius 2 is 2.24 bits per heavy atom. The molecule has 0 saturated heterocycles. The average Bonchev–Trinajstić information content (AvgIpc) is 2.33. The Hall–Kier alpha value is -2.21. The van der Waals surface area contributed by atoms with Crippen molar-refractivity contribution in [1.29, 1.82) is 0 Å². The molecule has 6 heteroatoms. The second-order valence-electron chi connectivity index (χ2n) is 3.44. The first-order valence-electron chi connectivity index (χ1n) is 5.08. The third-order valence-electron chi connectivity index (χ3n) is 2.31. The minimum atomic E-state index is -0.537. The number of aliphatic hydroxyl groups is 1. The fourth-order valence-corrected chi connectivity index (χ4v) is 1.60. The first kappa shape index (κ1) is 11.3. The van der Waals surface area contributed by atoms with Crippen molar-refractivity contribution in [2.45, 2.75) is 6.54 Å². The molecule has 0 radical (unpaired) electrons. The van der Waals surface area contributed by atoms with Gasteiger partial charge in [-0.2, -0.15) is 0 Å². The van der Waals surface area contributed by atoms with Crippen molar-refractivity contribution in [1.82, 2.24) is 14.5 Å². The topological polar surface area (TPSA) is 88.0 Å². The van der Waals surface area contributed by atoms with Crippen LogP contribution in [0, 0.1) is 0 Å². The van der Waals surface area contributed by atoms with E-state index in [9.17, 15) is 9.59 Å². The molecular weight excluding hydrogens is 222 g/mol. The lowest BCUT2D eigenvalue weighted by molar-refractivity contribution is 0.274. The largest absolute Gasteiger partial charge is 0.395 e. The molecule has 88 valence electrons. The third kappa shape index (κ3) is 2.31. The van der Waals surface area contributed by atoms with Gasteiger partial charge in [-0.25, -0.2) is 4.79 Å². The maximum atomic E-state index is 11.6. The molecule has 2 heterocycles. The van der Waals surface area contributed by atoms with E-state index in [0.29, 0.717) is 11.3 Å². The summed E-state index contributed by atoms with van der Waals surface area (Å²) >= 11 is 0. The van der Waals surface area contributed by atoms with Gasteiger partial charge in [-0.15, -0.1) is 0 Å². The summed E-state index contributed by atoms with van der Waals surface area (Å²) in [4.78, 5) is 29.0. The van der Waals surface area contributed by atoms with E-state index in [1.54, 1.807) is 24.5 Å². The van der Waals surface area contributed by atoms with Crippen molar-refractivity contribution >= 4 is 0 Å². The molecule has 0 aliphatic rings. The van der Waals surface area contributed by atoms with Crippen LogP contribution in [0.4, 0.5) is 0 Å². The first-order valence-corrected chi connectivity index (χ1v) is 5.08. The van der Waals surface area contributed by atoms with Crippen molar-refractivity contribution < 1.29 is 5.11 Å². The van der Waals surface area contributed by atoms with E-state index < -0.39 is 11.2 Å². The summed E-state index contributed by atoms with van der Waals surface area (Å²) in [6, 6.07) is 4.77. The van der Waals surface area contributed by atoms with Crippen LogP contribution in [0.25, 0.3) is 11.3 Å². The monoisotopic (exact) mass is 233 g/mol. The Morgan fingerprint density at radius 3 is 2.88 bits per heavy atom. The molecule has 0 fully saturated rings. The van der Waals surface area contributed by atoms with E-state index in [1.807, 2.05) is 0 Å². The fraction of sp³-hybridized carbons (Fsp3) is 0.182. The number of hydrogen-bond acceptors (Lipinski definition) is 4. The van der Waals surface area contributed by atoms with Gasteiger partial charge < -0.3 is 5.11 Å². The maximum Gasteiger partial charge on any atom is 0.328 e. The van der Waals surface area contributed by atoms with E-state index in [4.69, 9.17) is 5.11 Å². The van der Waals surface area contributed by atoms with Crippen LogP contribution in [0.5, 0.6) is 0 Å². The zero-order valence-corrected chi connectivity index (χ0v) is 8.96. The predicted octanol–water partition coefficient (Wildman–Crippen LogP) is -0.409. The van der Waals surface area contributed by atoms with Gasteiger partial charge in [0, 0.05) is 24.0 Å². The highest BCUT2D eigenvalue weighted by Crippen LogP contribution is 2.13. The zero-order valence-electron chi connectivity index (χ0n) is 8.96. The lowest BCUT2D eigenvalue weighted by Crippen LogP contribution is -2.31. The Morgan fingerprint density at radius 1 is 1.41 bits per heavy atom. The van der Waals surface area contributed by atoms with Gasteiger partial charge >= 0.3 is 5.69 Å². The van der Waals surface area contributed by atoms with Gasteiger partial charge in [-0.05, 0) is 12.1 Å². The lowest BCUT2D eigenvalue weighted by Gasteiger charge is -2.09. The molecule has 2 aromatic rings. The molecule has 2 rings (SSSR count). The van der Waals surface area contributed by atoms with Crippen molar-refractivity contribution in [3.8, 4) is 11.3 Å². The summed E-state index contributed by atoms with van der Waals surface area (Å²) in [5.74, 6) is 0. The Balaban J connectivity index is 2.67. The molecule has 0 amide bonds. The standard InChI is InChI=1S/C11H11N3O3/c15-5-4-14-9(6-10(16)13-11(14)17)8-2-1-3-12-7-8/h1-3,6-7,15H,4-5H2,(H,13,16,17). The summed E-state index contributed by atoms with van der Waals surface area (Å²) in [5, 5.41) is 8.92. The van der Waals surface area contributed by atoms with Gasteiger partial charge in [0.1, 0.15) is 0 Å². The molecule has 2 N–H and O–H groups in total. The van der Waals surface area contributed by atoms with Crippen LogP contribution in [-0.4, -0.2) is 26.2 Å². The molecule has 0 atom stereocenters. The molecule has 0 spiro atoms. The molecule has 2 aromatic heterocycles. The normalized spacial score (nSPS) is 10.4. The highest BCUT2D eigenvalue weighted by Gasteiger charge is 2.07. The van der Waals surface area contributed by atoms with Gasteiger partial charge in [-0.1, -0.05) is 0 Å². The maximum absolute atomic E-state index is 11.6. The molecular formula is C11H11N3O3. The third-order valence-corrected chi connectivity index (χ3v) is 2.31. The highest BCUT2D eigenvalue weighted by molar-refractivity contribution is 5.57. The first-order chi connectivity index (χ1) is 8.22. The van der Waals surface area contributed by atoms with Crippen molar-refractivity contribution in [2.24, 2.45) is 0 Å². The minimum Gasteiger partial charge on any atom is -0.395 e. The Kier molecular flexibility index (Phi) is 3.15. The molecule has 6 nitrogen and oxygen atoms in total. The predicted molar refractivity (Wildman–Crippen MR) is 61.6 cm³/mol. The van der Waals surface area contributed by atoms with E-state index >= 15 is 0 Å². The molecule has 0 aromatic carbocycles. The van der Waals surface area contributed by atoms with Crippen LogP contribution in [0.1, 0.15) is 0 Å². The Bertz CT molecular complexity index is 616. The van der Waals surface area contributed by atoms with Gasteiger partial charge in [0.15, 0.2) is 0 Å². The van der Waals surface area contributed by atoms with Crippen LogP contribution >= 0.6 is 0 Å². The highest BCUT2D eigenvalue weighted by atomic mass is 16.3. The van der Waals surface area contributed by atoms with Gasteiger partial charge in [0.2, 0.25) is 0 Å². The Labute approximate surface area is 96.2 Å². The number of aromatic nitrogens is 3. The molecule has 0 aliphatic carbocycles. The van der Waals surface area contributed by atoms with Crippen LogP contribution in [0.3, 0.4) is 0 Å². The number of aliphatic hydroxyl groups excluding tert-OH is 1. The summed E-state index contributed by atoms with van der Waals surface area (Å²) in [6.45, 7) is -0.0565. The van der Waals surface area contributed by atoms with Crippen LogP contribution in [0.15, 0.2) is 40.2 Å². The van der Waals surface area contributed by atoms with E-state index in [0.717, 1.165) is 0 Å². The number of rotatable bonds is 3. The minimum absolute atomic E-state index is 0.125. The molecule has 17 heavy (non-hydrogen) atoms. The fourth-order valence-electron chi connectivity index (χ4n) is 1.60. The summed E-state index contributed by atoms with van der Waals surface area (Å²) in [5.41, 5.74) is 0.0958. The number of H-pyrrole nitrogens is 1. The van der Waals surface area contributed by atoms with Crippen molar-refractivity contribution in [3.05, 3.63) is 51.4 Å². The van der Waals surface area contributed by atoms with Gasteiger partial charge in [-0.3, -0.25) is 19.3 Å². The quantitative estimate of drug-likeness (QED) is 0.754. The number of nitrogens with zero attached hydrogens (tertiary/aromatic N) is 2. The average molecular weight is 233 g/mol. The van der Waals surface area contributed by atoms with Crippen LogP contribution < -0.4 is 11.2 Å². The lowest BCUT2D eigenvalue weighted by atomic mass is 10.2. The second-order valence-corrected chi connectivity index (χ2v) is 3.44. The van der Waals surface area contributed by atoms with E-state index in [-0.39, 0.29) is 13.2 Å². The number of hydrogen-bond donors (Lipinski definition) is 2. The van der Waals surface area contributed by atoms with E-state index in [1.165, 1.54) is 10.6 Å². The van der Waals surface area contributed by atoms with Gasteiger partial charge in [0.25, 0.3) is 5.56 Å². The molecule has 0 bridgehead atoms. The van der Waals surface area contributed by atoms with Crippen molar-refractivity contribution in [3.63, 3.8) is 0 Å². The van der Waals surface area contributed by atoms with Crippen molar-refractivity contribution in [2.75, 3.05) is 6.61 Å². The summed E-state index contributed by atoms with van der Waals surface area (Å²) in [6.07, 6.45) is 3.16. The zero-order chi connectivity index (χ0) is 12.3. The van der Waals surface area contributed by atoms with Crippen LogP contribution in [-0.2, 0) is 6.54 Å². The summed E-state index contributed by atoms with van der Waals surface area (Å²) in [7, 11) is 0. The SMILES string of the molecule is O=c1cc(-c2cccnc2)n(CCO)c(=O)[nH]1. The summed E-state index contributed by atoms with van der Waals surface area (Å²) < 4.78 is 1.30. The number of nitrogens with one attached hydrogen (secondary N) is 1. The number of pyridine rings is 1. The van der Waals surface area contributed by atoms with Gasteiger partial charge in [0.05, 0.1) is 18.8 Å². The molecule has 0 saturated carbocycles. The van der Waals surface area contributed by atoms with Crippen LogP contribution in [0.2, 0.25) is 0 Å². The number of aromatic amines is 1. The second kappa shape index (κ2) is 4.75. The molecule has 0 aliphatic heterocycles.